The van der Waals surface area contributed by atoms with Crippen LogP contribution in [0.1, 0.15) is 11.3 Å². The Morgan fingerprint density at radius 2 is 2.24 bits per heavy atom. The molecule has 0 radical (unpaired) electrons. The van der Waals surface area contributed by atoms with E-state index >= 15 is 0 Å². The number of amides is 1. The van der Waals surface area contributed by atoms with Gasteiger partial charge in [0.1, 0.15) is 11.2 Å². The summed E-state index contributed by atoms with van der Waals surface area (Å²) in [5, 5.41) is 4.26. The average Bonchev–Trinajstić information content (AvgIpc) is 2.42. The molecule has 1 amide bonds. The van der Waals surface area contributed by atoms with E-state index in [9.17, 15) is 4.79 Å². The van der Waals surface area contributed by atoms with Crippen LogP contribution in [0.5, 0.6) is 0 Å². The van der Waals surface area contributed by atoms with Crippen molar-refractivity contribution in [2.24, 2.45) is 0 Å². The van der Waals surface area contributed by atoms with Gasteiger partial charge in [0, 0.05) is 56.6 Å². The highest BCUT2D eigenvalue weighted by molar-refractivity contribution is 6.35. The van der Waals surface area contributed by atoms with Crippen LogP contribution in [0.3, 0.4) is 0 Å². The molecule has 0 saturated carbocycles. The molecular formula is C14H20Cl2N4O. The maximum atomic E-state index is 12.3. The van der Waals surface area contributed by atoms with E-state index in [0.29, 0.717) is 23.3 Å². The first kappa shape index (κ1) is 16.5. The standard InChI is InChI=1S/C14H20Cl2N4O/c1-9-6-11(15)10(13(16)18-9)8-20-5-4-17-7-12(20)14(21)19(2)3/h6,12,17H,4-5,7-8H2,1-3H3. The Morgan fingerprint density at radius 3 is 2.86 bits per heavy atom. The summed E-state index contributed by atoms with van der Waals surface area (Å²) >= 11 is 12.5. The smallest absolute Gasteiger partial charge is 0.240 e. The summed E-state index contributed by atoms with van der Waals surface area (Å²) in [6.07, 6.45) is 0. The average molecular weight is 331 g/mol. The maximum Gasteiger partial charge on any atom is 0.240 e. The highest BCUT2D eigenvalue weighted by Crippen LogP contribution is 2.26. The number of pyridine rings is 1. The molecule has 1 aliphatic heterocycles. The van der Waals surface area contributed by atoms with Crippen molar-refractivity contribution in [1.29, 1.82) is 0 Å². The van der Waals surface area contributed by atoms with Crippen molar-refractivity contribution in [2.75, 3.05) is 33.7 Å². The summed E-state index contributed by atoms with van der Waals surface area (Å²) < 4.78 is 0. The summed E-state index contributed by atoms with van der Waals surface area (Å²) in [7, 11) is 3.53. The lowest BCUT2D eigenvalue weighted by Crippen LogP contribution is -2.57. The second-order valence-corrected chi connectivity index (χ2v) is 6.20. The quantitative estimate of drug-likeness (QED) is 0.854. The van der Waals surface area contributed by atoms with Crippen LogP contribution < -0.4 is 5.32 Å². The van der Waals surface area contributed by atoms with Crippen LogP contribution >= 0.6 is 23.2 Å². The summed E-state index contributed by atoms with van der Waals surface area (Å²) in [6, 6.07) is 1.59. The minimum Gasteiger partial charge on any atom is -0.347 e. The number of likely N-dealkylation sites (N-methyl/N-ethyl adjacent to an activating group) is 1. The molecule has 116 valence electrons. The lowest BCUT2D eigenvalue weighted by molar-refractivity contribution is -0.135. The lowest BCUT2D eigenvalue weighted by atomic mass is 10.1. The van der Waals surface area contributed by atoms with Gasteiger partial charge in [-0.05, 0) is 13.0 Å². The first-order chi connectivity index (χ1) is 9.90. The molecule has 1 aromatic rings. The van der Waals surface area contributed by atoms with Crippen LogP contribution in [-0.2, 0) is 11.3 Å². The van der Waals surface area contributed by atoms with Crippen molar-refractivity contribution in [3.8, 4) is 0 Å². The molecular weight excluding hydrogens is 311 g/mol. The number of aryl methyl sites for hydroxylation is 1. The molecule has 1 unspecified atom stereocenters. The number of nitrogens with one attached hydrogen (secondary N) is 1. The number of piperazine rings is 1. The van der Waals surface area contributed by atoms with E-state index in [0.717, 1.165) is 24.3 Å². The van der Waals surface area contributed by atoms with E-state index in [2.05, 4.69) is 15.2 Å². The van der Waals surface area contributed by atoms with Crippen LogP contribution in [0.4, 0.5) is 0 Å². The Labute approximate surface area is 135 Å². The predicted octanol–water partition coefficient (Wildman–Crippen LogP) is 1.56. The van der Waals surface area contributed by atoms with Crippen molar-refractivity contribution in [3.63, 3.8) is 0 Å². The Balaban J connectivity index is 2.22. The van der Waals surface area contributed by atoms with Crippen LogP contribution in [-0.4, -0.2) is 60.5 Å². The number of halogens is 2. The minimum atomic E-state index is -0.206. The van der Waals surface area contributed by atoms with Gasteiger partial charge in [0.25, 0.3) is 0 Å². The van der Waals surface area contributed by atoms with E-state index in [1.807, 2.05) is 6.92 Å². The Morgan fingerprint density at radius 1 is 1.52 bits per heavy atom. The van der Waals surface area contributed by atoms with E-state index in [1.165, 1.54) is 0 Å². The molecule has 1 fully saturated rings. The van der Waals surface area contributed by atoms with E-state index in [-0.39, 0.29) is 11.9 Å². The topological polar surface area (TPSA) is 48.5 Å². The fourth-order valence-corrected chi connectivity index (χ4v) is 3.10. The Hall–Kier alpha value is -0.880. The molecule has 0 aromatic carbocycles. The van der Waals surface area contributed by atoms with Crippen molar-refractivity contribution >= 4 is 29.1 Å². The third-order valence-electron chi connectivity index (χ3n) is 3.59. The third-order valence-corrected chi connectivity index (χ3v) is 4.24. The summed E-state index contributed by atoms with van der Waals surface area (Å²) in [5.41, 5.74) is 1.57. The zero-order valence-electron chi connectivity index (χ0n) is 12.5. The number of hydrogen-bond acceptors (Lipinski definition) is 4. The van der Waals surface area contributed by atoms with Gasteiger partial charge < -0.3 is 10.2 Å². The Bertz CT molecular complexity index is 513. The van der Waals surface area contributed by atoms with Crippen molar-refractivity contribution in [2.45, 2.75) is 19.5 Å². The molecule has 21 heavy (non-hydrogen) atoms. The highest BCUT2D eigenvalue weighted by atomic mass is 35.5. The molecule has 1 N–H and O–H groups in total. The van der Waals surface area contributed by atoms with Gasteiger partial charge in [0.15, 0.2) is 0 Å². The van der Waals surface area contributed by atoms with Gasteiger partial charge >= 0.3 is 0 Å². The molecule has 1 aliphatic rings. The molecule has 7 heteroatoms. The van der Waals surface area contributed by atoms with E-state index in [4.69, 9.17) is 23.2 Å². The van der Waals surface area contributed by atoms with Crippen LogP contribution in [0, 0.1) is 6.92 Å². The number of carbonyl (C=O) groups excluding carboxylic acids is 1. The number of aromatic nitrogens is 1. The third kappa shape index (κ3) is 3.86. The van der Waals surface area contributed by atoms with Gasteiger partial charge in [-0.1, -0.05) is 23.2 Å². The first-order valence-electron chi connectivity index (χ1n) is 6.87. The van der Waals surface area contributed by atoms with E-state index in [1.54, 1.807) is 25.1 Å². The van der Waals surface area contributed by atoms with E-state index < -0.39 is 0 Å². The highest BCUT2D eigenvalue weighted by Gasteiger charge is 2.30. The summed E-state index contributed by atoms with van der Waals surface area (Å²) in [4.78, 5) is 20.2. The van der Waals surface area contributed by atoms with Crippen molar-refractivity contribution in [1.82, 2.24) is 20.1 Å². The van der Waals surface area contributed by atoms with Gasteiger partial charge in [-0.25, -0.2) is 4.98 Å². The minimum absolute atomic E-state index is 0.0783. The summed E-state index contributed by atoms with van der Waals surface area (Å²) in [6.45, 7) is 4.61. The second-order valence-electron chi connectivity index (χ2n) is 5.44. The van der Waals surface area contributed by atoms with Gasteiger partial charge in [-0.2, -0.15) is 0 Å². The molecule has 1 saturated heterocycles. The number of carbonyl (C=O) groups is 1. The molecule has 0 bridgehead atoms. The van der Waals surface area contributed by atoms with Gasteiger partial charge in [0.2, 0.25) is 5.91 Å². The molecule has 5 nitrogen and oxygen atoms in total. The van der Waals surface area contributed by atoms with Gasteiger partial charge in [-0.15, -0.1) is 0 Å². The number of rotatable bonds is 3. The van der Waals surface area contributed by atoms with Crippen molar-refractivity contribution < 1.29 is 4.79 Å². The van der Waals surface area contributed by atoms with Crippen LogP contribution in [0.15, 0.2) is 6.07 Å². The van der Waals surface area contributed by atoms with Gasteiger partial charge in [0.05, 0.1) is 0 Å². The number of nitrogens with zero attached hydrogens (tertiary/aromatic N) is 3. The zero-order chi connectivity index (χ0) is 15.6. The molecule has 2 heterocycles. The normalized spacial score (nSPS) is 19.6. The fraction of sp³-hybridized carbons (Fsp3) is 0.571. The first-order valence-corrected chi connectivity index (χ1v) is 7.63. The summed E-state index contributed by atoms with van der Waals surface area (Å²) in [5.74, 6) is 0.0783. The molecule has 1 atom stereocenters. The molecule has 0 aliphatic carbocycles. The van der Waals surface area contributed by atoms with Crippen molar-refractivity contribution in [3.05, 3.63) is 27.5 Å². The monoisotopic (exact) mass is 330 g/mol. The molecule has 1 aromatic heterocycles. The Kier molecular flexibility index (Phi) is 5.43. The fourth-order valence-electron chi connectivity index (χ4n) is 2.44. The maximum absolute atomic E-state index is 12.3. The zero-order valence-corrected chi connectivity index (χ0v) is 14.0. The second kappa shape index (κ2) is 6.92. The van der Waals surface area contributed by atoms with Crippen LogP contribution in [0.25, 0.3) is 0 Å². The molecule has 2 rings (SSSR count). The lowest BCUT2D eigenvalue weighted by Gasteiger charge is -2.36. The predicted molar refractivity (Wildman–Crippen MR) is 84.8 cm³/mol. The van der Waals surface area contributed by atoms with Gasteiger partial charge in [-0.3, -0.25) is 9.69 Å². The number of hydrogen-bond donors (Lipinski definition) is 1. The SMILES string of the molecule is Cc1cc(Cl)c(CN2CCNCC2C(=O)N(C)C)c(Cl)n1. The largest absolute Gasteiger partial charge is 0.347 e. The molecule has 0 spiro atoms. The van der Waals surface area contributed by atoms with Crippen LogP contribution in [0.2, 0.25) is 10.2 Å².